The van der Waals surface area contributed by atoms with Crippen molar-refractivity contribution in [3.05, 3.63) is 35.4 Å². The number of fused-ring (bicyclic) bond motifs is 1. The molecule has 4 heteroatoms. The zero-order chi connectivity index (χ0) is 12.5. The van der Waals surface area contributed by atoms with Crippen LogP contribution in [-0.4, -0.2) is 31.2 Å². The van der Waals surface area contributed by atoms with E-state index in [1.807, 2.05) is 0 Å². The van der Waals surface area contributed by atoms with Gasteiger partial charge in [-0.15, -0.1) is 12.4 Å². The number of benzene rings is 1. The molecule has 1 aliphatic heterocycles. The third-order valence-corrected chi connectivity index (χ3v) is 3.55. The first kappa shape index (κ1) is 14.1. The normalized spacial score (nSPS) is 15.4. The molecule has 1 aromatic heterocycles. The van der Waals surface area contributed by atoms with Gasteiger partial charge in [-0.2, -0.15) is 0 Å². The van der Waals surface area contributed by atoms with Gasteiger partial charge < -0.3 is 10.2 Å². The monoisotopic (exact) mass is 277 g/mol. The van der Waals surface area contributed by atoms with Crippen LogP contribution in [0.3, 0.4) is 0 Å². The second-order valence-electron chi connectivity index (χ2n) is 5.06. The number of anilines is 1. The predicted octanol–water partition coefficient (Wildman–Crippen LogP) is 2.68. The molecule has 102 valence electrons. The number of pyridine rings is 1. The number of nitrogens with one attached hydrogen (secondary N) is 1. The summed E-state index contributed by atoms with van der Waals surface area (Å²) >= 11 is 0. The Kier molecular flexibility index (Phi) is 4.27. The van der Waals surface area contributed by atoms with E-state index < -0.39 is 0 Å². The molecule has 1 saturated heterocycles. The number of hydrogen-bond donors (Lipinski definition) is 1. The molecule has 0 spiro atoms. The Hall–Kier alpha value is -1.32. The van der Waals surface area contributed by atoms with Crippen molar-refractivity contribution >= 4 is 29.1 Å². The molecule has 0 atom stereocenters. The minimum Gasteiger partial charge on any atom is -0.354 e. The van der Waals surface area contributed by atoms with Crippen LogP contribution in [0.4, 0.5) is 5.82 Å². The Morgan fingerprint density at radius 2 is 1.84 bits per heavy atom. The fourth-order valence-electron chi connectivity index (χ4n) is 2.57. The summed E-state index contributed by atoms with van der Waals surface area (Å²) in [4.78, 5) is 7.24. The molecule has 1 aliphatic rings. The van der Waals surface area contributed by atoms with Gasteiger partial charge in [-0.3, -0.25) is 0 Å². The van der Waals surface area contributed by atoms with Crippen molar-refractivity contribution in [2.75, 3.05) is 31.1 Å². The van der Waals surface area contributed by atoms with Gasteiger partial charge in [-0.05, 0) is 37.1 Å². The van der Waals surface area contributed by atoms with Crippen molar-refractivity contribution in [3.63, 3.8) is 0 Å². The van der Waals surface area contributed by atoms with Crippen molar-refractivity contribution in [2.24, 2.45) is 0 Å². The van der Waals surface area contributed by atoms with Crippen molar-refractivity contribution < 1.29 is 0 Å². The molecule has 0 amide bonds. The Morgan fingerprint density at radius 1 is 1.11 bits per heavy atom. The summed E-state index contributed by atoms with van der Waals surface area (Å²) in [6, 6.07) is 8.72. The van der Waals surface area contributed by atoms with Gasteiger partial charge in [-0.1, -0.05) is 12.1 Å². The van der Waals surface area contributed by atoms with E-state index in [4.69, 9.17) is 4.98 Å². The Morgan fingerprint density at radius 3 is 2.58 bits per heavy atom. The summed E-state index contributed by atoms with van der Waals surface area (Å²) in [6.07, 6.45) is 0. The van der Waals surface area contributed by atoms with E-state index >= 15 is 0 Å². The average molecular weight is 278 g/mol. The fourth-order valence-corrected chi connectivity index (χ4v) is 2.57. The fraction of sp³-hybridized carbons (Fsp3) is 0.400. The van der Waals surface area contributed by atoms with E-state index in [0.29, 0.717) is 0 Å². The average Bonchev–Trinajstić information content (AvgIpc) is 2.39. The molecule has 0 radical (unpaired) electrons. The van der Waals surface area contributed by atoms with E-state index in [1.54, 1.807) is 0 Å². The molecule has 1 aromatic carbocycles. The lowest BCUT2D eigenvalue weighted by molar-refractivity contribution is 0.584. The summed E-state index contributed by atoms with van der Waals surface area (Å²) < 4.78 is 0. The first-order valence-corrected chi connectivity index (χ1v) is 6.58. The number of hydrogen-bond acceptors (Lipinski definition) is 3. The molecule has 0 aliphatic carbocycles. The van der Waals surface area contributed by atoms with Crippen molar-refractivity contribution in [1.29, 1.82) is 0 Å². The van der Waals surface area contributed by atoms with Gasteiger partial charge in [0.25, 0.3) is 0 Å². The maximum absolute atomic E-state index is 4.86. The summed E-state index contributed by atoms with van der Waals surface area (Å²) in [5, 5.41) is 4.61. The van der Waals surface area contributed by atoms with Crippen LogP contribution in [-0.2, 0) is 0 Å². The molecule has 3 nitrogen and oxygen atoms in total. The van der Waals surface area contributed by atoms with Gasteiger partial charge in [0, 0.05) is 31.6 Å². The minimum atomic E-state index is 0. The number of aryl methyl sites for hydroxylation is 2. The number of nitrogens with zero attached hydrogens (tertiary/aromatic N) is 2. The maximum Gasteiger partial charge on any atom is 0.132 e. The second kappa shape index (κ2) is 5.76. The summed E-state index contributed by atoms with van der Waals surface area (Å²) in [5.41, 5.74) is 3.65. The van der Waals surface area contributed by atoms with Crippen molar-refractivity contribution in [1.82, 2.24) is 10.3 Å². The number of aromatic nitrogens is 1. The molecular weight excluding hydrogens is 258 g/mol. The number of rotatable bonds is 1. The second-order valence-corrected chi connectivity index (χ2v) is 5.06. The van der Waals surface area contributed by atoms with Gasteiger partial charge >= 0.3 is 0 Å². The van der Waals surface area contributed by atoms with Crippen LogP contribution in [0.2, 0.25) is 0 Å². The van der Waals surface area contributed by atoms with E-state index in [0.717, 1.165) is 37.5 Å². The third kappa shape index (κ3) is 2.82. The minimum absolute atomic E-state index is 0. The third-order valence-electron chi connectivity index (χ3n) is 3.55. The van der Waals surface area contributed by atoms with Gasteiger partial charge in [0.1, 0.15) is 5.82 Å². The van der Waals surface area contributed by atoms with Gasteiger partial charge in [0.05, 0.1) is 5.52 Å². The quantitative estimate of drug-likeness (QED) is 0.869. The molecule has 0 bridgehead atoms. The lowest BCUT2D eigenvalue weighted by Gasteiger charge is -2.29. The number of halogens is 1. The molecule has 2 heterocycles. The number of piperazine rings is 1. The van der Waals surface area contributed by atoms with Crippen LogP contribution in [0.25, 0.3) is 10.9 Å². The molecule has 1 N–H and O–H groups in total. The van der Waals surface area contributed by atoms with E-state index in [1.165, 1.54) is 16.5 Å². The maximum atomic E-state index is 4.86. The topological polar surface area (TPSA) is 28.2 Å². The first-order valence-electron chi connectivity index (χ1n) is 6.58. The highest BCUT2D eigenvalue weighted by Crippen LogP contribution is 2.23. The zero-order valence-electron chi connectivity index (χ0n) is 11.4. The van der Waals surface area contributed by atoms with E-state index in [2.05, 4.69) is 48.3 Å². The predicted molar refractivity (Wildman–Crippen MR) is 83.5 cm³/mol. The highest BCUT2D eigenvalue weighted by atomic mass is 35.5. The molecule has 1 fully saturated rings. The summed E-state index contributed by atoms with van der Waals surface area (Å²) in [6.45, 7) is 8.46. The van der Waals surface area contributed by atoms with Gasteiger partial charge in [-0.25, -0.2) is 4.98 Å². The van der Waals surface area contributed by atoms with Crippen LogP contribution in [0.1, 0.15) is 11.1 Å². The lowest BCUT2D eigenvalue weighted by Crippen LogP contribution is -2.44. The highest BCUT2D eigenvalue weighted by molar-refractivity contribution is 5.85. The van der Waals surface area contributed by atoms with E-state index in [-0.39, 0.29) is 12.4 Å². The zero-order valence-corrected chi connectivity index (χ0v) is 12.3. The van der Waals surface area contributed by atoms with Crippen molar-refractivity contribution in [2.45, 2.75) is 13.8 Å². The highest BCUT2D eigenvalue weighted by Gasteiger charge is 2.14. The SMILES string of the molecule is Cc1ccc2cc(C)c(N3CCNCC3)nc2c1.Cl. The smallest absolute Gasteiger partial charge is 0.132 e. The first-order chi connectivity index (χ1) is 8.74. The summed E-state index contributed by atoms with van der Waals surface area (Å²) in [5.74, 6) is 1.15. The Balaban J connectivity index is 0.00000133. The molecule has 3 rings (SSSR count). The summed E-state index contributed by atoms with van der Waals surface area (Å²) in [7, 11) is 0. The van der Waals surface area contributed by atoms with Crippen LogP contribution >= 0.6 is 12.4 Å². The molecule has 0 unspecified atom stereocenters. The Labute approximate surface area is 120 Å². The van der Waals surface area contributed by atoms with Gasteiger partial charge in [0.2, 0.25) is 0 Å². The largest absolute Gasteiger partial charge is 0.354 e. The molecule has 19 heavy (non-hydrogen) atoms. The standard InChI is InChI=1S/C15H19N3.ClH/c1-11-3-4-13-10-12(2)15(17-14(13)9-11)18-7-5-16-6-8-18;/h3-4,9-10,16H,5-8H2,1-2H3;1H. The molecule has 2 aromatic rings. The van der Waals surface area contributed by atoms with Crippen LogP contribution in [0.15, 0.2) is 24.3 Å². The van der Waals surface area contributed by atoms with Crippen LogP contribution in [0.5, 0.6) is 0 Å². The molecule has 0 saturated carbocycles. The van der Waals surface area contributed by atoms with Crippen LogP contribution < -0.4 is 10.2 Å². The molecular formula is C15H20ClN3. The van der Waals surface area contributed by atoms with Crippen LogP contribution in [0, 0.1) is 13.8 Å². The van der Waals surface area contributed by atoms with E-state index in [9.17, 15) is 0 Å². The lowest BCUT2D eigenvalue weighted by atomic mass is 10.1. The van der Waals surface area contributed by atoms with Gasteiger partial charge in [0.15, 0.2) is 0 Å². The Bertz CT molecular complexity index is 577. The van der Waals surface area contributed by atoms with Crippen molar-refractivity contribution in [3.8, 4) is 0 Å².